The summed E-state index contributed by atoms with van der Waals surface area (Å²) in [5, 5.41) is 6.00. The number of fused-ring (bicyclic) bond motifs is 1. The molecule has 4 aromatic rings. The standard InChI is InChI=1S/C26H28N4/c1-19-25-13-10-22(21-8-11-23(12-9-21)29-14-3-2-4-15-29)17-26(25)30(28-19)24-7-5-6-20(16-24)18-27/h5-13,16-17H,2-4,14-15,18,27H2,1H3. The van der Waals surface area contributed by atoms with Crippen molar-refractivity contribution in [3.63, 3.8) is 0 Å². The van der Waals surface area contributed by atoms with Crippen LogP contribution in [0.2, 0.25) is 0 Å². The molecule has 152 valence electrons. The van der Waals surface area contributed by atoms with Crippen LogP contribution in [0.3, 0.4) is 0 Å². The molecule has 0 amide bonds. The smallest absolute Gasteiger partial charge is 0.0750 e. The lowest BCUT2D eigenvalue weighted by molar-refractivity contribution is 0.578. The lowest BCUT2D eigenvalue weighted by Crippen LogP contribution is -2.29. The van der Waals surface area contributed by atoms with E-state index in [1.54, 1.807) is 0 Å². The zero-order chi connectivity index (χ0) is 20.5. The number of anilines is 1. The van der Waals surface area contributed by atoms with Crippen molar-refractivity contribution < 1.29 is 0 Å². The normalized spacial score (nSPS) is 14.4. The van der Waals surface area contributed by atoms with Gasteiger partial charge in [-0.3, -0.25) is 0 Å². The van der Waals surface area contributed by atoms with Crippen molar-refractivity contribution in [2.24, 2.45) is 5.73 Å². The summed E-state index contributed by atoms with van der Waals surface area (Å²) in [7, 11) is 0. The van der Waals surface area contributed by atoms with Crippen LogP contribution < -0.4 is 10.6 Å². The summed E-state index contributed by atoms with van der Waals surface area (Å²) in [5.74, 6) is 0. The van der Waals surface area contributed by atoms with Gasteiger partial charge in [0.1, 0.15) is 0 Å². The zero-order valence-corrected chi connectivity index (χ0v) is 17.5. The molecule has 1 aliphatic heterocycles. The molecule has 1 fully saturated rings. The molecule has 3 aromatic carbocycles. The van der Waals surface area contributed by atoms with Gasteiger partial charge in [-0.2, -0.15) is 5.10 Å². The van der Waals surface area contributed by atoms with Gasteiger partial charge in [0.2, 0.25) is 0 Å². The molecule has 1 aromatic heterocycles. The van der Waals surface area contributed by atoms with E-state index < -0.39 is 0 Å². The van der Waals surface area contributed by atoms with Crippen LogP contribution >= 0.6 is 0 Å². The SMILES string of the molecule is Cc1nn(-c2cccc(CN)c2)c2cc(-c3ccc(N4CCCCC4)cc3)ccc12. The second-order valence-electron chi connectivity index (χ2n) is 8.20. The highest BCUT2D eigenvalue weighted by Crippen LogP contribution is 2.30. The molecule has 0 saturated carbocycles. The highest BCUT2D eigenvalue weighted by Gasteiger charge is 2.13. The minimum atomic E-state index is 0.528. The van der Waals surface area contributed by atoms with Crippen molar-refractivity contribution in [3.05, 3.63) is 78.0 Å². The zero-order valence-electron chi connectivity index (χ0n) is 17.5. The Morgan fingerprint density at radius 2 is 1.60 bits per heavy atom. The Hall–Kier alpha value is -3.11. The molecule has 0 unspecified atom stereocenters. The summed E-state index contributed by atoms with van der Waals surface area (Å²) in [6.45, 7) is 4.94. The van der Waals surface area contributed by atoms with Gasteiger partial charge in [-0.05, 0) is 73.2 Å². The number of hydrogen-bond acceptors (Lipinski definition) is 3. The molecule has 0 radical (unpaired) electrons. The number of aryl methyl sites for hydroxylation is 1. The van der Waals surface area contributed by atoms with Crippen LogP contribution in [0.25, 0.3) is 27.7 Å². The van der Waals surface area contributed by atoms with E-state index in [0.29, 0.717) is 6.54 Å². The molecule has 1 aliphatic rings. The van der Waals surface area contributed by atoms with E-state index >= 15 is 0 Å². The average Bonchev–Trinajstić information content (AvgIpc) is 3.15. The summed E-state index contributed by atoms with van der Waals surface area (Å²) in [6.07, 6.45) is 3.95. The number of aromatic nitrogens is 2. The minimum absolute atomic E-state index is 0.528. The Labute approximate surface area is 177 Å². The van der Waals surface area contributed by atoms with Crippen LogP contribution in [0.5, 0.6) is 0 Å². The molecule has 30 heavy (non-hydrogen) atoms. The third kappa shape index (κ3) is 3.48. The molecule has 0 atom stereocenters. The first kappa shape index (κ1) is 18.9. The number of benzene rings is 3. The molecule has 2 N–H and O–H groups in total. The Morgan fingerprint density at radius 1 is 0.833 bits per heavy atom. The van der Waals surface area contributed by atoms with E-state index in [2.05, 4.69) is 72.5 Å². The van der Waals surface area contributed by atoms with Crippen molar-refractivity contribution in [2.75, 3.05) is 18.0 Å². The molecular formula is C26H28N4. The summed E-state index contributed by atoms with van der Waals surface area (Å²) >= 11 is 0. The van der Waals surface area contributed by atoms with Gasteiger partial charge in [-0.25, -0.2) is 4.68 Å². The maximum absolute atomic E-state index is 5.85. The maximum atomic E-state index is 5.85. The minimum Gasteiger partial charge on any atom is -0.372 e. The predicted molar refractivity (Wildman–Crippen MR) is 125 cm³/mol. The van der Waals surface area contributed by atoms with Gasteiger partial charge in [0, 0.05) is 30.7 Å². The Balaban J connectivity index is 1.52. The summed E-state index contributed by atoms with van der Waals surface area (Å²) in [4.78, 5) is 2.50. The van der Waals surface area contributed by atoms with E-state index in [-0.39, 0.29) is 0 Å². The molecule has 4 heteroatoms. The maximum Gasteiger partial charge on any atom is 0.0750 e. The van der Waals surface area contributed by atoms with E-state index in [1.807, 2.05) is 10.7 Å². The monoisotopic (exact) mass is 396 g/mol. The fourth-order valence-corrected chi connectivity index (χ4v) is 4.48. The highest BCUT2D eigenvalue weighted by molar-refractivity contribution is 5.88. The van der Waals surface area contributed by atoms with Crippen LogP contribution in [-0.4, -0.2) is 22.9 Å². The van der Waals surface area contributed by atoms with E-state index in [4.69, 9.17) is 10.8 Å². The van der Waals surface area contributed by atoms with E-state index in [1.165, 1.54) is 54.6 Å². The Bertz CT molecular complexity index is 1170. The molecule has 5 rings (SSSR count). The first-order valence-corrected chi connectivity index (χ1v) is 10.9. The number of nitrogens with zero attached hydrogens (tertiary/aromatic N) is 3. The second kappa shape index (κ2) is 7.96. The fourth-order valence-electron chi connectivity index (χ4n) is 4.48. The molecular weight excluding hydrogens is 368 g/mol. The lowest BCUT2D eigenvalue weighted by atomic mass is 10.0. The van der Waals surface area contributed by atoms with Gasteiger partial charge in [-0.15, -0.1) is 0 Å². The fraction of sp³-hybridized carbons (Fsp3) is 0.269. The highest BCUT2D eigenvalue weighted by atomic mass is 15.3. The van der Waals surface area contributed by atoms with Crippen molar-refractivity contribution in [3.8, 4) is 16.8 Å². The predicted octanol–water partition coefficient (Wildman–Crippen LogP) is 5.45. The molecule has 4 nitrogen and oxygen atoms in total. The van der Waals surface area contributed by atoms with Crippen molar-refractivity contribution in [1.29, 1.82) is 0 Å². The first-order chi connectivity index (χ1) is 14.7. The molecule has 1 saturated heterocycles. The summed E-state index contributed by atoms with van der Waals surface area (Å²) < 4.78 is 2.04. The van der Waals surface area contributed by atoms with Gasteiger partial charge >= 0.3 is 0 Å². The third-order valence-corrected chi connectivity index (χ3v) is 6.18. The van der Waals surface area contributed by atoms with Crippen LogP contribution in [0, 0.1) is 6.92 Å². The van der Waals surface area contributed by atoms with Crippen molar-refractivity contribution in [2.45, 2.75) is 32.7 Å². The van der Waals surface area contributed by atoms with Crippen LogP contribution in [0.4, 0.5) is 5.69 Å². The van der Waals surface area contributed by atoms with Crippen LogP contribution in [-0.2, 0) is 6.54 Å². The topological polar surface area (TPSA) is 47.1 Å². The average molecular weight is 397 g/mol. The van der Waals surface area contributed by atoms with E-state index in [9.17, 15) is 0 Å². The Morgan fingerprint density at radius 3 is 2.37 bits per heavy atom. The number of nitrogens with two attached hydrogens (primary N) is 1. The van der Waals surface area contributed by atoms with Crippen molar-refractivity contribution in [1.82, 2.24) is 9.78 Å². The molecule has 2 heterocycles. The number of hydrogen-bond donors (Lipinski definition) is 1. The first-order valence-electron chi connectivity index (χ1n) is 10.9. The molecule has 0 aliphatic carbocycles. The quantitative estimate of drug-likeness (QED) is 0.499. The van der Waals surface area contributed by atoms with Gasteiger partial charge in [0.25, 0.3) is 0 Å². The summed E-state index contributed by atoms with van der Waals surface area (Å²) in [6, 6.07) is 24.0. The Kier molecular flexibility index (Phi) is 5.01. The molecule has 0 spiro atoms. The van der Waals surface area contributed by atoms with Gasteiger partial charge in [-0.1, -0.05) is 36.4 Å². The number of rotatable bonds is 4. The van der Waals surface area contributed by atoms with Crippen LogP contribution in [0.15, 0.2) is 66.7 Å². The van der Waals surface area contributed by atoms with E-state index in [0.717, 1.165) is 22.5 Å². The largest absolute Gasteiger partial charge is 0.372 e. The van der Waals surface area contributed by atoms with Gasteiger partial charge in [0.15, 0.2) is 0 Å². The van der Waals surface area contributed by atoms with Gasteiger partial charge < -0.3 is 10.6 Å². The lowest BCUT2D eigenvalue weighted by Gasteiger charge is -2.28. The second-order valence-corrected chi connectivity index (χ2v) is 8.20. The number of piperidine rings is 1. The molecule has 0 bridgehead atoms. The third-order valence-electron chi connectivity index (χ3n) is 6.18. The van der Waals surface area contributed by atoms with Gasteiger partial charge in [0.05, 0.1) is 16.9 Å². The van der Waals surface area contributed by atoms with Crippen molar-refractivity contribution >= 4 is 16.6 Å². The summed E-state index contributed by atoms with van der Waals surface area (Å²) in [5.41, 5.74) is 13.9. The van der Waals surface area contributed by atoms with Crippen LogP contribution in [0.1, 0.15) is 30.5 Å².